The summed E-state index contributed by atoms with van der Waals surface area (Å²) in [6.45, 7) is 10.2. The van der Waals surface area contributed by atoms with Crippen molar-refractivity contribution in [2.24, 2.45) is 5.41 Å². The second kappa shape index (κ2) is 7.14. The molecule has 0 unspecified atom stereocenters. The zero-order chi connectivity index (χ0) is 15.5. The minimum atomic E-state index is 0.246. The Bertz CT molecular complexity index is 433. The Morgan fingerprint density at radius 2 is 1.90 bits per heavy atom. The van der Waals surface area contributed by atoms with E-state index < -0.39 is 0 Å². The number of nitrogens with one attached hydrogen (secondary N) is 1. The number of halogens is 1. The fourth-order valence-corrected chi connectivity index (χ4v) is 5.08. The van der Waals surface area contributed by atoms with Crippen LogP contribution in [0.2, 0.25) is 0 Å². The lowest BCUT2D eigenvalue weighted by atomic mass is 9.78. The Hall–Kier alpha value is 0.140. The first kappa shape index (κ1) is 17.5. The molecule has 1 aromatic rings. The lowest BCUT2D eigenvalue weighted by molar-refractivity contribution is 0.235. The van der Waals surface area contributed by atoms with E-state index in [0.717, 1.165) is 6.54 Å². The van der Waals surface area contributed by atoms with Crippen molar-refractivity contribution in [3.05, 3.63) is 20.3 Å². The Kier molecular flexibility index (Phi) is 5.95. The normalized spacial score (nSPS) is 18.3. The molecule has 0 aromatic carbocycles. The van der Waals surface area contributed by atoms with Gasteiger partial charge in [-0.05, 0) is 93.8 Å². The molecular formula is C18H30BrNS. The molecular weight excluding hydrogens is 342 g/mol. The zero-order valence-electron chi connectivity index (χ0n) is 14.0. The predicted octanol–water partition coefficient (Wildman–Crippen LogP) is 6.09. The van der Waals surface area contributed by atoms with Gasteiger partial charge in [-0.15, -0.1) is 11.3 Å². The summed E-state index contributed by atoms with van der Waals surface area (Å²) < 4.78 is 1.29. The van der Waals surface area contributed by atoms with E-state index in [-0.39, 0.29) is 5.54 Å². The highest BCUT2D eigenvalue weighted by Gasteiger charge is 2.33. The summed E-state index contributed by atoms with van der Waals surface area (Å²) in [5.74, 6) is 0. The molecule has 0 amide bonds. The topological polar surface area (TPSA) is 12.0 Å². The summed E-state index contributed by atoms with van der Waals surface area (Å²) in [5.41, 5.74) is 0.845. The summed E-state index contributed by atoms with van der Waals surface area (Å²) in [4.78, 5) is 2.97. The van der Waals surface area contributed by atoms with Crippen molar-refractivity contribution in [3.8, 4) is 0 Å². The quantitative estimate of drug-likeness (QED) is 0.637. The van der Waals surface area contributed by atoms with Crippen molar-refractivity contribution in [3.63, 3.8) is 0 Å². The van der Waals surface area contributed by atoms with Gasteiger partial charge >= 0.3 is 0 Å². The maximum absolute atomic E-state index is 3.68. The van der Waals surface area contributed by atoms with Gasteiger partial charge < -0.3 is 5.32 Å². The van der Waals surface area contributed by atoms with E-state index in [1.165, 1.54) is 54.3 Å². The molecule has 0 radical (unpaired) electrons. The average Bonchev–Trinajstić information content (AvgIpc) is 2.95. The lowest BCUT2D eigenvalue weighted by Crippen LogP contribution is -2.38. The molecule has 0 spiro atoms. The van der Waals surface area contributed by atoms with Crippen molar-refractivity contribution in [1.29, 1.82) is 0 Å². The number of hydrogen-bond acceptors (Lipinski definition) is 2. The first-order valence-electron chi connectivity index (χ1n) is 8.30. The number of thiophene rings is 1. The van der Waals surface area contributed by atoms with Gasteiger partial charge in [-0.1, -0.05) is 12.8 Å². The third-order valence-electron chi connectivity index (χ3n) is 4.78. The number of hydrogen-bond donors (Lipinski definition) is 1. The van der Waals surface area contributed by atoms with E-state index in [1.807, 2.05) is 11.3 Å². The molecule has 0 saturated heterocycles. The second-order valence-corrected chi connectivity index (χ2v) is 9.95. The molecule has 1 saturated carbocycles. The molecule has 1 nitrogen and oxygen atoms in total. The van der Waals surface area contributed by atoms with Gasteiger partial charge in [0.25, 0.3) is 0 Å². The van der Waals surface area contributed by atoms with Gasteiger partial charge in [0.2, 0.25) is 0 Å². The van der Waals surface area contributed by atoms with Crippen LogP contribution in [-0.2, 0) is 6.42 Å². The van der Waals surface area contributed by atoms with Crippen LogP contribution in [0.3, 0.4) is 0 Å². The number of rotatable bonds is 6. The fraction of sp³-hybridized carbons (Fsp3) is 0.778. The summed E-state index contributed by atoms with van der Waals surface area (Å²) >= 11 is 5.61. The van der Waals surface area contributed by atoms with Crippen LogP contribution < -0.4 is 5.32 Å². The molecule has 2 rings (SSSR count). The van der Waals surface area contributed by atoms with Crippen LogP contribution in [0.25, 0.3) is 0 Å². The van der Waals surface area contributed by atoms with Crippen LogP contribution >= 0.6 is 27.3 Å². The Morgan fingerprint density at radius 3 is 2.43 bits per heavy atom. The Balaban J connectivity index is 1.89. The first-order valence-corrected chi connectivity index (χ1v) is 9.91. The highest BCUT2D eigenvalue weighted by atomic mass is 79.9. The molecule has 120 valence electrons. The van der Waals surface area contributed by atoms with Gasteiger partial charge in [-0.2, -0.15) is 0 Å². The van der Waals surface area contributed by atoms with E-state index in [4.69, 9.17) is 0 Å². The van der Waals surface area contributed by atoms with Gasteiger partial charge in [0.05, 0.1) is 0 Å². The van der Waals surface area contributed by atoms with E-state index >= 15 is 0 Å². The van der Waals surface area contributed by atoms with E-state index in [9.17, 15) is 0 Å². The summed E-state index contributed by atoms with van der Waals surface area (Å²) in [6, 6.07) is 2.33. The third kappa shape index (κ3) is 5.37. The van der Waals surface area contributed by atoms with Crippen molar-refractivity contribution < 1.29 is 0 Å². The van der Waals surface area contributed by atoms with Crippen molar-refractivity contribution in [2.75, 3.05) is 6.54 Å². The van der Waals surface area contributed by atoms with Crippen LogP contribution in [0, 0.1) is 12.3 Å². The molecule has 1 aromatic heterocycles. The summed E-state index contributed by atoms with van der Waals surface area (Å²) in [5, 5.41) is 3.68. The van der Waals surface area contributed by atoms with Crippen LogP contribution in [-0.4, -0.2) is 12.1 Å². The van der Waals surface area contributed by atoms with Crippen molar-refractivity contribution >= 4 is 27.3 Å². The molecule has 1 N–H and O–H groups in total. The fourth-order valence-electron chi connectivity index (χ4n) is 3.48. The standard InChI is InChI=1S/C18H30BrNS/c1-14-16(19)13-15(21-14)7-10-18(8-5-6-9-18)11-12-20-17(2,3)4/h13,20H,5-12H2,1-4H3. The lowest BCUT2D eigenvalue weighted by Gasteiger charge is -2.31. The SMILES string of the molecule is Cc1sc(CCC2(CCNC(C)(C)C)CCCC2)cc1Br. The monoisotopic (exact) mass is 371 g/mol. The van der Waals surface area contributed by atoms with Crippen molar-refractivity contribution in [2.45, 2.75) is 78.2 Å². The smallest absolute Gasteiger partial charge is 0.0314 e. The van der Waals surface area contributed by atoms with Gasteiger partial charge in [0.15, 0.2) is 0 Å². The summed E-state index contributed by atoms with van der Waals surface area (Å²) in [7, 11) is 0. The molecule has 1 aliphatic rings. The Morgan fingerprint density at radius 1 is 1.24 bits per heavy atom. The third-order valence-corrected chi connectivity index (χ3v) is 6.98. The first-order chi connectivity index (χ1) is 9.80. The van der Waals surface area contributed by atoms with Crippen LogP contribution in [0.4, 0.5) is 0 Å². The zero-order valence-corrected chi connectivity index (χ0v) is 16.4. The minimum Gasteiger partial charge on any atom is -0.312 e. The van der Waals surface area contributed by atoms with Crippen LogP contribution in [0.1, 0.15) is 69.1 Å². The van der Waals surface area contributed by atoms with Crippen LogP contribution in [0.15, 0.2) is 10.5 Å². The van der Waals surface area contributed by atoms with Gasteiger partial charge in [0, 0.05) is 19.8 Å². The van der Waals surface area contributed by atoms with Gasteiger partial charge in [0.1, 0.15) is 0 Å². The Labute approximate surface area is 143 Å². The molecule has 0 aliphatic heterocycles. The molecule has 3 heteroatoms. The molecule has 1 heterocycles. The largest absolute Gasteiger partial charge is 0.312 e. The van der Waals surface area contributed by atoms with E-state index in [2.05, 4.69) is 55.0 Å². The van der Waals surface area contributed by atoms with E-state index in [0.29, 0.717) is 5.41 Å². The molecule has 0 atom stereocenters. The number of aryl methyl sites for hydroxylation is 2. The predicted molar refractivity (Wildman–Crippen MR) is 98.4 cm³/mol. The molecule has 0 bridgehead atoms. The van der Waals surface area contributed by atoms with Crippen molar-refractivity contribution in [1.82, 2.24) is 5.32 Å². The molecule has 1 fully saturated rings. The highest BCUT2D eigenvalue weighted by Crippen LogP contribution is 2.45. The molecule has 21 heavy (non-hydrogen) atoms. The summed E-state index contributed by atoms with van der Waals surface area (Å²) in [6.07, 6.45) is 9.70. The van der Waals surface area contributed by atoms with Gasteiger partial charge in [-0.25, -0.2) is 0 Å². The maximum atomic E-state index is 3.68. The average molecular weight is 372 g/mol. The molecule has 1 aliphatic carbocycles. The van der Waals surface area contributed by atoms with E-state index in [1.54, 1.807) is 4.88 Å². The second-order valence-electron chi connectivity index (χ2n) is 7.75. The maximum Gasteiger partial charge on any atom is 0.0314 e. The minimum absolute atomic E-state index is 0.246. The van der Waals surface area contributed by atoms with Gasteiger partial charge in [-0.3, -0.25) is 0 Å². The van der Waals surface area contributed by atoms with Crippen LogP contribution in [0.5, 0.6) is 0 Å². The highest BCUT2D eigenvalue weighted by molar-refractivity contribution is 9.10.